The van der Waals surface area contributed by atoms with E-state index in [2.05, 4.69) is 16.9 Å². The average molecular weight is 225 g/mol. The van der Waals surface area contributed by atoms with Gasteiger partial charge in [0.2, 0.25) is 0 Å². The number of hydrogen-bond donors (Lipinski definition) is 1. The first kappa shape index (κ1) is 11.8. The van der Waals surface area contributed by atoms with Gasteiger partial charge in [0.25, 0.3) is 0 Å². The van der Waals surface area contributed by atoms with Gasteiger partial charge in [-0.15, -0.1) is 0 Å². The molecule has 1 N–H and O–H groups in total. The molecule has 4 heteroatoms. The second kappa shape index (κ2) is 5.59. The van der Waals surface area contributed by atoms with Crippen molar-refractivity contribution in [1.29, 1.82) is 0 Å². The fourth-order valence-electron chi connectivity index (χ4n) is 1.77. The first-order valence-corrected chi connectivity index (χ1v) is 5.63. The number of aromatic nitrogens is 2. The van der Waals surface area contributed by atoms with E-state index in [9.17, 15) is 0 Å². The molecule has 2 aromatic heterocycles. The molecular formula is C13H14BN2O. The predicted octanol–water partition coefficient (Wildman–Crippen LogP) is 1.06. The highest BCUT2D eigenvalue weighted by atomic mass is 16.2. The molecule has 0 aliphatic rings. The van der Waals surface area contributed by atoms with Gasteiger partial charge in [0, 0.05) is 29.7 Å². The Morgan fingerprint density at radius 3 is 2.82 bits per heavy atom. The van der Waals surface area contributed by atoms with Gasteiger partial charge in [0.05, 0.1) is 0 Å². The standard InChI is InChI=1S/C13H14BN2O/c1-10(13-4-2-3-6-16-13)8-12-9-11(14-17)5-7-15-12/h2-7,9-10,17H,8H2,1H3. The van der Waals surface area contributed by atoms with Crippen LogP contribution in [0.4, 0.5) is 0 Å². The summed E-state index contributed by atoms with van der Waals surface area (Å²) in [5, 5.41) is 8.95. The zero-order valence-corrected chi connectivity index (χ0v) is 9.74. The molecule has 0 saturated carbocycles. The van der Waals surface area contributed by atoms with Crippen LogP contribution in [0.2, 0.25) is 0 Å². The Labute approximate surface area is 102 Å². The second-order valence-corrected chi connectivity index (χ2v) is 4.07. The van der Waals surface area contributed by atoms with E-state index in [4.69, 9.17) is 5.02 Å². The highest BCUT2D eigenvalue weighted by Crippen LogP contribution is 2.16. The zero-order valence-electron chi connectivity index (χ0n) is 9.74. The lowest BCUT2D eigenvalue weighted by Crippen LogP contribution is -2.15. The Morgan fingerprint density at radius 1 is 1.24 bits per heavy atom. The van der Waals surface area contributed by atoms with Gasteiger partial charge >= 0.3 is 7.48 Å². The highest BCUT2D eigenvalue weighted by Gasteiger charge is 2.08. The number of nitrogens with zero attached hydrogens (tertiary/aromatic N) is 2. The van der Waals surface area contributed by atoms with Crippen molar-refractivity contribution in [2.75, 3.05) is 0 Å². The molecular weight excluding hydrogens is 211 g/mol. The lowest BCUT2D eigenvalue weighted by atomic mass is 9.88. The van der Waals surface area contributed by atoms with Crippen molar-refractivity contribution >= 4 is 12.9 Å². The third-order valence-corrected chi connectivity index (χ3v) is 2.70. The molecule has 0 aliphatic carbocycles. The number of pyridine rings is 2. The van der Waals surface area contributed by atoms with Crippen LogP contribution in [0.1, 0.15) is 24.2 Å². The van der Waals surface area contributed by atoms with Gasteiger partial charge in [0.1, 0.15) is 0 Å². The summed E-state index contributed by atoms with van der Waals surface area (Å²) < 4.78 is 0. The van der Waals surface area contributed by atoms with Gasteiger partial charge in [-0.25, -0.2) is 0 Å². The van der Waals surface area contributed by atoms with Gasteiger partial charge in [0.15, 0.2) is 0 Å². The van der Waals surface area contributed by atoms with Gasteiger partial charge in [-0.3, -0.25) is 9.97 Å². The van der Waals surface area contributed by atoms with E-state index in [1.807, 2.05) is 24.3 Å². The summed E-state index contributed by atoms with van der Waals surface area (Å²) in [6, 6.07) is 9.58. The molecule has 0 aliphatic heterocycles. The summed E-state index contributed by atoms with van der Waals surface area (Å²) in [5.41, 5.74) is 2.81. The van der Waals surface area contributed by atoms with Crippen LogP contribution in [0, 0.1) is 0 Å². The van der Waals surface area contributed by atoms with Gasteiger partial charge in [-0.05, 0) is 30.7 Å². The zero-order chi connectivity index (χ0) is 12.1. The van der Waals surface area contributed by atoms with Crippen molar-refractivity contribution in [3.8, 4) is 0 Å². The smallest absolute Gasteiger partial charge is 0.326 e. The summed E-state index contributed by atoms with van der Waals surface area (Å²) in [7, 11) is 1.09. The Bertz CT molecular complexity index is 476. The van der Waals surface area contributed by atoms with Gasteiger partial charge in [-0.1, -0.05) is 18.5 Å². The van der Waals surface area contributed by atoms with E-state index in [0.29, 0.717) is 5.92 Å². The van der Waals surface area contributed by atoms with E-state index >= 15 is 0 Å². The molecule has 2 aromatic rings. The largest absolute Gasteiger partial charge is 0.450 e. The monoisotopic (exact) mass is 225 g/mol. The molecule has 17 heavy (non-hydrogen) atoms. The Morgan fingerprint density at radius 2 is 2.12 bits per heavy atom. The molecule has 0 bridgehead atoms. The summed E-state index contributed by atoms with van der Waals surface area (Å²) >= 11 is 0. The first-order valence-electron chi connectivity index (χ1n) is 5.63. The van der Waals surface area contributed by atoms with Crippen molar-refractivity contribution in [2.24, 2.45) is 0 Å². The van der Waals surface area contributed by atoms with Crippen molar-refractivity contribution in [2.45, 2.75) is 19.3 Å². The fraction of sp³-hybridized carbons (Fsp3) is 0.231. The van der Waals surface area contributed by atoms with E-state index in [1.54, 1.807) is 18.5 Å². The van der Waals surface area contributed by atoms with Crippen LogP contribution in [0.15, 0.2) is 42.7 Å². The molecule has 0 fully saturated rings. The topological polar surface area (TPSA) is 46.0 Å². The number of rotatable bonds is 4. The third-order valence-electron chi connectivity index (χ3n) is 2.70. The SMILES string of the molecule is CC(Cc1cc([B]O)ccn1)c1ccccn1. The van der Waals surface area contributed by atoms with Gasteiger partial charge in [-0.2, -0.15) is 0 Å². The quantitative estimate of drug-likeness (QED) is 0.791. The minimum Gasteiger partial charge on any atom is -0.450 e. The van der Waals surface area contributed by atoms with E-state index in [1.165, 1.54) is 0 Å². The van der Waals surface area contributed by atoms with Crippen LogP contribution < -0.4 is 5.46 Å². The summed E-state index contributed by atoms with van der Waals surface area (Å²) in [6.07, 6.45) is 4.33. The Kier molecular flexibility index (Phi) is 3.88. The van der Waals surface area contributed by atoms with Crippen LogP contribution >= 0.6 is 0 Å². The molecule has 2 rings (SSSR count). The lowest BCUT2D eigenvalue weighted by Gasteiger charge is -2.10. The Balaban J connectivity index is 2.10. The molecule has 0 amide bonds. The second-order valence-electron chi connectivity index (χ2n) is 4.07. The van der Waals surface area contributed by atoms with Crippen molar-refractivity contribution < 1.29 is 5.02 Å². The van der Waals surface area contributed by atoms with E-state index in [-0.39, 0.29) is 0 Å². The van der Waals surface area contributed by atoms with Crippen LogP contribution in [0.3, 0.4) is 0 Å². The molecule has 2 heterocycles. The normalized spacial score (nSPS) is 12.1. The van der Waals surface area contributed by atoms with Crippen LogP contribution in [-0.2, 0) is 6.42 Å². The van der Waals surface area contributed by atoms with Crippen molar-refractivity contribution in [3.05, 3.63) is 54.1 Å². The lowest BCUT2D eigenvalue weighted by molar-refractivity contribution is 0.615. The molecule has 3 nitrogen and oxygen atoms in total. The molecule has 0 saturated heterocycles. The number of hydrogen-bond acceptors (Lipinski definition) is 3. The maximum atomic E-state index is 8.95. The molecule has 1 radical (unpaired) electrons. The van der Waals surface area contributed by atoms with E-state index in [0.717, 1.165) is 30.8 Å². The minimum absolute atomic E-state index is 0.317. The molecule has 0 spiro atoms. The van der Waals surface area contributed by atoms with Crippen LogP contribution in [0.25, 0.3) is 0 Å². The minimum atomic E-state index is 0.317. The maximum Gasteiger partial charge on any atom is 0.326 e. The fourth-order valence-corrected chi connectivity index (χ4v) is 1.77. The third kappa shape index (κ3) is 3.14. The van der Waals surface area contributed by atoms with Gasteiger partial charge < -0.3 is 5.02 Å². The maximum absolute atomic E-state index is 8.95. The molecule has 0 aromatic carbocycles. The van der Waals surface area contributed by atoms with Crippen LogP contribution in [-0.4, -0.2) is 22.5 Å². The highest BCUT2D eigenvalue weighted by molar-refractivity contribution is 6.45. The average Bonchev–Trinajstić information content (AvgIpc) is 2.40. The van der Waals surface area contributed by atoms with Crippen LogP contribution in [0.5, 0.6) is 0 Å². The predicted molar refractivity (Wildman–Crippen MR) is 68.2 cm³/mol. The summed E-state index contributed by atoms with van der Waals surface area (Å²) in [6.45, 7) is 2.12. The Hall–Kier alpha value is -1.68. The van der Waals surface area contributed by atoms with Crippen molar-refractivity contribution in [1.82, 2.24) is 9.97 Å². The summed E-state index contributed by atoms with van der Waals surface area (Å²) in [4.78, 5) is 8.63. The molecule has 1 atom stereocenters. The van der Waals surface area contributed by atoms with E-state index < -0.39 is 0 Å². The molecule has 1 unspecified atom stereocenters. The summed E-state index contributed by atoms with van der Waals surface area (Å²) in [5.74, 6) is 0.317. The van der Waals surface area contributed by atoms with Crippen molar-refractivity contribution in [3.63, 3.8) is 0 Å². The molecule has 85 valence electrons. The first-order chi connectivity index (χ1) is 8.29.